The fraction of sp³-hybridized carbons (Fsp3) is 0.333. The van der Waals surface area contributed by atoms with E-state index in [1.165, 1.54) is 6.07 Å². The number of fused-ring (bicyclic) bond motifs is 1. The van der Waals surface area contributed by atoms with Crippen LogP contribution in [0.4, 0.5) is 0 Å². The van der Waals surface area contributed by atoms with Crippen molar-refractivity contribution in [3.8, 4) is 0 Å². The molecule has 0 saturated heterocycles. The molecule has 18 heavy (non-hydrogen) atoms. The summed E-state index contributed by atoms with van der Waals surface area (Å²) in [5.41, 5.74) is 2.01. The molecule has 0 unspecified atom stereocenters. The molecule has 0 atom stereocenters. The molecule has 2 aromatic rings. The molecule has 96 valence electrons. The highest BCUT2D eigenvalue weighted by atomic mass is 35.5. The number of benzene rings is 1. The van der Waals surface area contributed by atoms with E-state index in [4.69, 9.17) is 11.6 Å². The molecule has 0 aliphatic carbocycles. The summed E-state index contributed by atoms with van der Waals surface area (Å²) < 4.78 is 0.971. The third-order valence-corrected chi connectivity index (χ3v) is 2.54. The van der Waals surface area contributed by atoms with Crippen molar-refractivity contribution in [3.63, 3.8) is 0 Å². The third-order valence-electron chi connectivity index (χ3n) is 2.31. The van der Waals surface area contributed by atoms with Crippen LogP contribution in [0.3, 0.4) is 0 Å². The molecule has 0 saturated carbocycles. The molecule has 6 heteroatoms. The zero-order valence-electron chi connectivity index (χ0n) is 10.4. The van der Waals surface area contributed by atoms with Gasteiger partial charge in [-0.25, -0.2) is 4.79 Å². The Morgan fingerprint density at radius 1 is 1.28 bits per heavy atom. The van der Waals surface area contributed by atoms with E-state index in [2.05, 4.69) is 10.4 Å². The summed E-state index contributed by atoms with van der Waals surface area (Å²) in [6.45, 7) is 5.59. The van der Waals surface area contributed by atoms with Gasteiger partial charge in [-0.2, -0.15) is 4.68 Å². The lowest BCUT2D eigenvalue weighted by Gasteiger charge is -2.22. The Bertz CT molecular complexity index is 710. The van der Waals surface area contributed by atoms with Crippen LogP contribution >= 0.6 is 11.6 Å². The monoisotopic (exact) mass is 267 g/mol. The van der Waals surface area contributed by atoms with Crippen LogP contribution in [-0.2, 0) is 0 Å². The zero-order valence-corrected chi connectivity index (χ0v) is 11.1. The van der Waals surface area contributed by atoms with E-state index in [9.17, 15) is 9.59 Å². The predicted octanol–water partition coefficient (Wildman–Crippen LogP) is 1.69. The Labute approximate surface area is 108 Å². The number of nitrogens with one attached hydrogen (secondary N) is 2. The van der Waals surface area contributed by atoms with Gasteiger partial charge in [-0.15, -0.1) is 0 Å². The topological polar surface area (TPSA) is 66.9 Å². The molecule has 1 aromatic carbocycles. The molecule has 5 nitrogen and oxygen atoms in total. The van der Waals surface area contributed by atoms with Gasteiger partial charge in [-0.1, -0.05) is 11.6 Å². The van der Waals surface area contributed by atoms with Crippen LogP contribution in [0.5, 0.6) is 0 Å². The maximum atomic E-state index is 12.2. The largest absolute Gasteiger partial charge is 0.347 e. The Kier molecular flexibility index (Phi) is 2.94. The summed E-state index contributed by atoms with van der Waals surface area (Å²) in [7, 11) is 0. The smallest absolute Gasteiger partial charge is 0.313 e. The molecule has 0 radical (unpaired) electrons. The van der Waals surface area contributed by atoms with E-state index < -0.39 is 16.8 Å². The Morgan fingerprint density at radius 3 is 2.56 bits per heavy atom. The van der Waals surface area contributed by atoms with Crippen molar-refractivity contribution in [2.75, 3.05) is 5.43 Å². The lowest BCUT2D eigenvalue weighted by molar-refractivity contribution is 0.535. The van der Waals surface area contributed by atoms with Crippen LogP contribution in [-0.4, -0.2) is 15.2 Å². The van der Waals surface area contributed by atoms with Crippen LogP contribution in [0.1, 0.15) is 20.8 Å². The van der Waals surface area contributed by atoms with Crippen LogP contribution in [0.15, 0.2) is 27.8 Å². The number of nitrogens with zero attached hydrogens (tertiary/aromatic N) is 1. The summed E-state index contributed by atoms with van der Waals surface area (Å²) in [5.74, 6) is 0. The van der Waals surface area contributed by atoms with Crippen LogP contribution in [0.2, 0.25) is 5.02 Å². The van der Waals surface area contributed by atoms with E-state index in [0.717, 1.165) is 4.68 Å². The number of rotatable bonds is 1. The van der Waals surface area contributed by atoms with Gasteiger partial charge in [0, 0.05) is 10.6 Å². The van der Waals surface area contributed by atoms with Crippen LogP contribution < -0.4 is 16.7 Å². The number of hydrogen-bond donors (Lipinski definition) is 2. The van der Waals surface area contributed by atoms with Gasteiger partial charge in [0.2, 0.25) is 0 Å². The highest BCUT2D eigenvalue weighted by Crippen LogP contribution is 2.13. The van der Waals surface area contributed by atoms with Crippen molar-refractivity contribution in [3.05, 3.63) is 44.1 Å². The lowest BCUT2D eigenvalue weighted by atomic mass is 10.1. The second-order valence-electron chi connectivity index (χ2n) is 5.12. The van der Waals surface area contributed by atoms with Gasteiger partial charge < -0.3 is 10.4 Å². The Morgan fingerprint density at radius 2 is 1.94 bits per heavy atom. The van der Waals surface area contributed by atoms with Gasteiger partial charge >= 0.3 is 5.69 Å². The molecular weight excluding hydrogens is 254 g/mol. The summed E-state index contributed by atoms with van der Waals surface area (Å²) >= 11 is 5.86. The Hall–Kier alpha value is -1.75. The van der Waals surface area contributed by atoms with Gasteiger partial charge in [-0.05, 0) is 39.0 Å². The van der Waals surface area contributed by atoms with Crippen LogP contribution in [0, 0.1) is 0 Å². The van der Waals surface area contributed by atoms with Crippen molar-refractivity contribution in [2.24, 2.45) is 0 Å². The quantitative estimate of drug-likeness (QED) is 0.826. The first-order chi connectivity index (χ1) is 8.28. The maximum absolute atomic E-state index is 12.2. The van der Waals surface area contributed by atoms with Crippen molar-refractivity contribution in [1.82, 2.24) is 9.66 Å². The molecular formula is C12H14ClN3O2. The van der Waals surface area contributed by atoms with Crippen molar-refractivity contribution >= 4 is 22.5 Å². The Balaban J connectivity index is 2.76. The van der Waals surface area contributed by atoms with Crippen LogP contribution in [0.25, 0.3) is 10.9 Å². The average Bonchev–Trinajstić information content (AvgIpc) is 2.24. The fourth-order valence-electron chi connectivity index (χ4n) is 1.62. The molecule has 0 aliphatic rings. The summed E-state index contributed by atoms with van der Waals surface area (Å²) in [6.07, 6.45) is 0. The van der Waals surface area contributed by atoms with Gasteiger partial charge in [0.15, 0.2) is 0 Å². The fourth-order valence-corrected chi connectivity index (χ4v) is 1.80. The molecule has 2 rings (SSSR count). The van der Waals surface area contributed by atoms with Gasteiger partial charge in [-0.3, -0.25) is 4.79 Å². The first-order valence-corrected chi connectivity index (χ1v) is 5.88. The van der Waals surface area contributed by atoms with E-state index in [1.807, 2.05) is 20.8 Å². The summed E-state index contributed by atoms with van der Waals surface area (Å²) in [6, 6.07) is 4.78. The number of aromatic amines is 1. The standard InChI is InChI=1S/C12H14ClN3O2/c1-12(2,3)15-16-10(17)8-6-7(13)4-5-9(8)14-11(16)18/h4-6,15H,1-3H3,(H,14,18). The number of hydrogen-bond acceptors (Lipinski definition) is 3. The molecule has 0 spiro atoms. The maximum Gasteiger partial charge on any atom is 0.347 e. The van der Waals surface area contributed by atoms with Crippen molar-refractivity contribution in [2.45, 2.75) is 26.3 Å². The highest BCUT2D eigenvalue weighted by molar-refractivity contribution is 6.31. The first-order valence-electron chi connectivity index (χ1n) is 5.51. The lowest BCUT2D eigenvalue weighted by Crippen LogP contribution is -2.48. The van der Waals surface area contributed by atoms with Gasteiger partial charge in [0.05, 0.1) is 10.9 Å². The molecule has 1 heterocycles. The van der Waals surface area contributed by atoms with Crippen molar-refractivity contribution < 1.29 is 0 Å². The van der Waals surface area contributed by atoms with Crippen molar-refractivity contribution in [1.29, 1.82) is 0 Å². The number of H-pyrrole nitrogens is 1. The molecule has 0 bridgehead atoms. The molecule has 1 aromatic heterocycles. The zero-order chi connectivity index (χ0) is 13.5. The summed E-state index contributed by atoms with van der Waals surface area (Å²) in [5, 5.41) is 0.827. The molecule has 2 N–H and O–H groups in total. The SMILES string of the molecule is CC(C)(C)Nn1c(=O)[nH]c2ccc(Cl)cc2c1=O. The minimum atomic E-state index is -0.496. The minimum Gasteiger partial charge on any atom is -0.313 e. The van der Waals surface area contributed by atoms with E-state index in [0.29, 0.717) is 15.9 Å². The number of aromatic nitrogens is 2. The van der Waals surface area contributed by atoms with Gasteiger partial charge in [0.1, 0.15) is 0 Å². The van der Waals surface area contributed by atoms with E-state index in [1.54, 1.807) is 12.1 Å². The molecule has 0 amide bonds. The highest BCUT2D eigenvalue weighted by Gasteiger charge is 2.14. The predicted molar refractivity (Wildman–Crippen MR) is 73.0 cm³/mol. The van der Waals surface area contributed by atoms with E-state index >= 15 is 0 Å². The third kappa shape index (κ3) is 2.41. The number of halogens is 1. The molecule has 0 aliphatic heterocycles. The second kappa shape index (κ2) is 4.17. The normalized spacial score (nSPS) is 11.8. The van der Waals surface area contributed by atoms with E-state index in [-0.39, 0.29) is 0 Å². The average molecular weight is 268 g/mol. The molecule has 0 fully saturated rings. The first kappa shape index (κ1) is 12.7. The summed E-state index contributed by atoms with van der Waals surface area (Å²) in [4.78, 5) is 26.7. The minimum absolute atomic E-state index is 0.374. The second-order valence-corrected chi connectivity index (χ2v) is 5.56. The van der Waals surface area contributed by atoms with Gasteiger partial charge in [0.25, 0.3) is 5.56 Å².